The Bertz CT molecular complexity index is 654. The number of nitrogens with one attached hydrogen (secondary N) is 1. The van der Waals surface area contributed by atoms with Gasteiger partial charge in [-0.15, -0.1) is 0 Å². The number of rotatable bonds is 3. The number of halogens is 3. The number of fused-ring (bicyclic) bond motifs is 1. The summed E-state index contributed by atoms with van der Waals surface area (Å²) in [6.45, 7) is 1.15. The van der Waals surface area contributed by atoms with Gasteiger partial charge < -0.3 is 10.1 Å². The molecule has 2 nitrogen and oxygen atoms in total. The third-order valence-electron chi connectivity index (χ3n) is 3.75. The van der Waals surface area contributed by atoms with Crippen LogP contribution in [0.25, 0.3) is 0 Å². The van der Waals surface area contributed by atoms with Crippen molar-refractivity contribution in [2.24, 2.45) is 5.92 Å². The molecule has 0 amide bonds. The minimum atomic E-state index is -4.34. The summed E-state index contributed by atoms with van der Waals surface area (Å²) in [7, 11) is 0. The molecule has 1 atom stereocenters. The van der Waals surface area contributed by atoms with Crippen molar-refractivity contribution in [1.82, 2.24) is 0 Å². The highest BCUT2D eigenvalue weighted by Crippen LogP contribution is 2.31. The zero-order valence-electron chi connectivity index (χ0n) is 11.9. The number of hydrogen-bond acceptors (Lipinski definition) is 2. The second-order valence-electron chi connectivity index (χ2n) is 5.44. The van der Waals surface area contributed by atoms with E-state index in [1.807, 2.05) is 18.2 Å². The lowest BCUT2D eigenvalue weighted by molar-refractivity contribution is -0.137. The van der Waals surface area contributed by atoms with Crippen LogP contribution in [0.1, 0.15) is 11.1 Å². The molecule has 0 bridgehead atoms. The molecule has 1 aliphatic heterocycles. The van der Waals surface area contributed by atoms with Crippen LogP contribution in [0.5, 0.6) is 5.75 Å². The smallest absolute Gasteiger partial charge is 0.416 e. The predicted molar refractivity (Wildman–Crippen MR) is 79.1 cm³/mol. The fourth-order valence-corrected chi connectivity index (χ4v) is 2.60. The Morgan fingerprint density at radius 3 is 2.73 bits per heavy atom. The summed E-state index contributed by atoms with van der Waals surface area (Å²) in [5.41, 5.74) is 1.65. The summed E-state index contributed by atoms with van der Waals surface area (Å²) in [6, 6.07) is 13.1. The first kappa shape index (κ1) is 14.8. The molecule has 1 aliphatic rings. The van der Waals surface area contributed by atoms with Gasteiger partial charge in [0.05, 0.1) is 12.2 Å². The molecule has 2 aromatic rings. The average Bonchev–Trinajstić information content (AvgIpc) is 2.52. The SMILES string of the molecule is FC(F)(F)c1cccc(OCC2CNc3ccccc3C2)c1. The topological polar surface area (TPSA) is 21.3 Å². The van der Waals surface area contributed by atoms with Crippen molar-refractivity contribution in [3.05, 3.63) is 59.7 Å². The Labute approximate surface area is 126 Å². The van der Waals surface area contributed by atoms with Crippen LogP contribution in [0.15, 0.2) is 48.5 Å². The van der Waals surface area contributed by atoms with Crippen molar-refractivity contribution >= 4 is 5.69 Å². The van der Waals surface area contributed by atoms with Gasteiger partial charge in [0.1, 0.15) is 5.75 Å². The standard InChI is InChI=1S/C17H16F3NO/c18-17(19,20)14-5-3-6-15(9-14)22-11-12-8-13-4-1-2-7-16(13)21-10-12/h1-7,9,12,21H,8,10-11H2. The van der Waals surface area contributed by atoms with Crippen molar-refractivity contribution in [1.29, 1.82) is 0 Å². The number of alkyl halides is 3. The van der Waals surface area contributed by atoms with Gasteiger partial charge in [0.15, 0.2) is 0 Å². The summed E-state index contributed by atoms with van der Waals surface area (Å²) >= 11 is 0. The van der Waals surface area contributed by atoms with E-state index >= 15 is 0 Å². The number of anilines is 1. The summed E-state index contributed by atoms with van der Waals surface area (Å²) < 4.78 is 43.5. The highest BCUT2D eigenvalue weighted by Gasteiger charge is 2.30. The van der Waals surface area contributed by atoms with Gasteiger partial charge in [-0.05, 0) is 36.2 Å². The Hall–Kier alpha value is -2.17. The molecule has 1 heterocycles. The van der Waals surface area contributed by atoms with Gasteiger partial charge >= 0.3 is 6.18 Å². The molecule has 3 rings (SSSR count). The van der Waals surface area contributed by atoms with Gasteiger partial charge in [-0.25, -0.2) is 0 Å². The predicted octanol–water partition coefficient (Wildman–Crippen LogP) is 4.37. The maximum atomic E-state index is 12.7. The number of benzene rings is 2. The molecule has 1 unspecified atom stereocenters. The maximum absolute atomic E-state index is 12.7. The molecule has 0 aliphatic carbocycles. The number of ether oxygens (including phenoxy) is 1. The molecule has 0 fully saturated rings. The number of hydrogen-bond donors (Lipinski definition) is 1. The second-order valence-corrected chi connectivity index (χ2v) is 5.44. The Morgan fingerprint density at radius 1 is 1.09 bits per heavy atom. The van der Waals surface area contributed by atoms with Crippen molar-refractivity contribution in [2.75, 3.05) is 18.5 Å². The summed E-state index contributed by atoms with van der Waals surface area (Å²) in [4.78, 5) is 0. The molecule has 0 radical (unpaired) electrons. The van der Waals surface area contributed by atoms with Crippen LogP contribution in [0.2, 0.25) is 0 Å². The summed E-state index contributed by atoms with van der Waals surface area (Å²) in [5, 5.41) is 3.32. The van der Waals surface area contributed by atoms with Gasteiger partial charge in [0.2, 0.25) is 0 Å². The van der Waals surface area contributed by atoms with E-state index in [0.29, 0.717) is 6.61 Å². The van der Waals surface area contributed by atoms with Crippen LogP contribution in [0.3, 0.4) is 0 Å². The van der Waals surface area contributed by atoms with E-state index in [0.717, 1.165) is 30.8 Å². The van der Waals surface area contributed by atoms with Gasteiger partial charge in [-0.3, -0.25) is 0 Å². The Morgan fingerprint density at radius 2 is 1.91 bits per heavy atom. The number of para-hydroxylation sites is 1. The van der Waals surface area contributed by atoms with Gasteiger partial charge in [0.25, 0.3) is 0 Å². The van der Waals surface area contributed by atoms with E-state index in [4.69, 9.17) is 4.74 Å². The largest absolute Gasteiger partial charge is 0.493 e. The van der Waals surface area contributed by atoms with Gasteiger partial charge in [0, 0.05) is 18.2 Å². The van der Waals surface area contributed by atoms with Crippen LogP contribution < -0.4 is 10.1 Å². The van der Waals surface area contributed by atoms with Crippen LogP contribution in [0.4, 0.5) is 18.9 Å². The molecule has 22 heavy (non-hydrogen) atoms. The minimum absolute atomic E-state index is 0.240. The quantitative estimate of drug-likeness (QED) is 0.909. The van der Waals surface area contributed by atoms with E-state index in [9.17, 15) is 13.2 Å². The lowest BCUT2D eigenvalue weighted by Gasteiger charge is -2.26. The summed E-state index contributed by atoms with van der Waals surface area (Å²) in [6.07, 6.45) is -3.48. The van der Waals surface area contributed by atoms with Crippen LogP contribution in [-0.2, 0) is 12.6 Å². The molecule has 116 valence electrons. The van der Waals surface area contributed by atoms with Crippen molar-refractivity contribution in [2.45, 2.75) is 12.6 Å². The van der Waals surface area contributed by atoms with E-state index < -0.39 is 11.7 Å². The normalized spacial score (nSPS) is 17.5. The molecular formula is C17H16F3NO. The van der Waals surface area contributed by atoms with Crippen molar-refractivity contribution in [3.8, 4) is 5.75 Å². The van der Waals surface area contributed by atoms with Crippen molar-refractivity contribution in [3.63, 3.8) is 0 Å². The monoisotopic (exact) mass is 307 g/mol. The highest BCUT2D eigenvalue weighted by molar-refractivity contribution is 5.53. The molecule has 0 aromatic heterocycles. The van der Waals surface area contributed by atoms with Crippen molar-refractivity contribution < 1.29 is 17.9 Å². The molecule has 5 heteroatoms. The van der Waals surface area contributed by atoms with Crippen LogP contribution in [-0.4, -0.2) is 13.2 Å². The molecule has 0 saturated carbocycles. The second kappa shape index (κ2) is 5.91. The first-order valence-electron chi connectivity index (χ1n) is 7.14. The average molecular weight is 307 g/mol. The van der Waals surface area contributed by atoms with Crippen LogP contribution in [0, 0.1) is 5.92 Å². The molecule has 2 aromatic carbocycles. The minimum Gasteiger partial charge on any atom is -0.493 e. The Kier molecular flexibility index (Phi) is 3.96. The maximum Gasteiger partial charge on any atom is 0.416 e. The zero-order valence-corrected chi connectivity index (χ0v) is 11.9. The van der Waals surface area contributed by atoms with E-state index in [1.54, 1.807) is 6.07 Å². The van der Waals surface area contributed by atoms with E-state index in [1.165, 1.54) is 11.6 Å². The van der Waals surface area contributed by atoms with E-state index in [-0.39, 0.29) is 11.7 Å². The van der Waals surface area contributed by atoms with Gasteiger partial charge in [-0.2, -0.15) is 13.2 Å². The Balaban J connectivity index is 1.62. The third kappa shape index (κ3) is 3.35. The fraction of sp³-hybridized carbons (Fsp3) is 0.294. The lowest BCUT2D eigenvalue weighted by atomic mass is 9.95. The molecular weight excluding hydrogens is 291 g/mol. The first-order valence-corrected chi connectivity index (χ1v) is 7.14. The molecule has 0 saturated heterocycles. The molecule has 1 N–H and O–H groups in total. The van der Waals surface area contributed by atoms with Gasteiger partial charge in [-0.1, -0.05) is 24.3 Å². The molecule has 0 spiro atoms. The fourth-order valence-electron chi connectivity index (χ4n) is 2.60. The third-order valence-corrected chi connectivity index (χ3v) is 3.75. The lowest BCUT2D eigenvalue weighted by Crippen LogP contribution is -2.28. The highest BCUT2D eigenvalue weighted by atomic mass is 19.4. The van der Waals surface area contributed by atoms with E-state index in [2.05, 4.69) is 11.4 Å². The van der Waals surface area contributed by atoms with Crippen LogP contribution >= 0.6 is 0 Å². The zero-order chi connectivity index (χ0) is 15.6. The summed E-state index contributed by atoms with van der Waals surface area (Å²) in [5.74, 6) is 0.498. The first-order chi connectivity index (χ1) is 10.5.